The van der Waals surface area contributed by atoms with Crippen molar-refractivity contribution in [3.63, 3.8) is 0 Å². The fraction of sp³-hybridized carbons (Fsp3) is 0.812. The molecule has 1 aliphatic rings. The number of aromatic nitrogens is 2. The van der Waals surface area contributed by atoms with Gasteiger partial charge in [-0.1, -0.05) is 6.92 Å². The third kappa shape index (κ3) is 3.61. The van der Waals surface area contributed by atoms with E-state index in [-0.39, 0.29) is 0 Å². The SMILES string of the molecule is CCc1cc(CN2CCC(C(C)NC)CC2)n(CC)n1. The molecule has 0 bridgehead atoms. The van der Waals surface area contributed by atoms with E-state index in [9.17, 15) is 0 Å². The molecule has 2 rings (SSSR count). The van der Waals surface area contributed by atoms with E-state index in [1.54, 1.807) is 0 Å². The van der Waals surface area contributed by atoms with Crippen LogP contribution in [0.25, 0.3) is 0 Å². The lowest BCUT2D eigenvalue weighted by molar-refractivity contribution is 0.155. The average Bonchev–Trinajstić information content (AvgIpc) is 2.89. The number of hydrogen-bond acceptors (Lipinski definition) is 3. The second-order valence-electron chi connectivity index (χ2n) is 5.99. The summed E-state index contributed by atoms with van der Waals surface area (Å²) >= 11 is 0. The molecule has 0 spiro atoms. The van der Waals surface area contributed by atoms with Crippen LogP contribution in [0.15, 0.2) is 6.07 Å². The van der Waals surface area contributed by atoms with Crippen molar-refractivity contribution in [2.75, 3.05) is 20.1 Å². The fourth-order valence-corrected chi connectivity index (χ4v) is 3.16. The summed E-state index contributed by atoms with van der Waals surface area (Å²) in [6.07, 6.45) is 3.65. The van der Waals surface area contributed by atoms with Crippen LogP contribution in [0.5, 0.6) is 0 Å². The quantitative estimate of drug-likeness (QED) is 0.866. The van der Waals surface area contributed by atoms with Crippen LogP contribution in [-0.4, -0.2) is 40.9 Å². The molecule has 1 fully saturated rings. The molecule has 4 nitrogen and oxygen atoms in total. The zero-order valence-corrected chi connectivity index (χ0v) is 13.5. The number of hydrogen-bond donors (Lipinski definition) is 1. The Labute approximate surface area is 123 Å². The molecule has 0 aromatic carbocycles. The predicted octanol–water partition coefficient (Wildman–Crippen LogP) is 2.29. The molecule has 20 heavy (non-hydrogen) atoms. The molecule has 2 heterocycles. The van der Waals surface area contributed by atoms with Gasteiger partial charge in [0.15, 0.2) is 0 Å². The molecule has 0 radical (unpaired) electrons. The first-order valence-electron chi connectivity index (χ1n) is 8.13. The van der Waals surface area contributed by atoms with Crippen molar-refractivity contribution in [1.82, 2.24) is 20.0 Å². The van der Waals surface area contributed by atoms with E-state index in [0.29, 0.717) is 6.04 Å². The van der Waals surface area contributed by atoms with Crippen LogP contribution in [0.1, 0.15) is 45.0 Å². The van der Waals surface area contributed by atoms with Gasteiger partial charge in [-0.15, -0.1) is 0 Å². The molecule has 114 valence electrons. The van der Waals surface area contributed by atoms with Crippen molar-refractivity contribution in [2.24, 2.45) is 5.92 Å². The largest absolute Gasteiger partial charge is 0.317 e. The average molecular weight is 278 g/mol. The minimum atomic E-state index is 0.644. The van der Waals surface area contributed by atoms with Crippen LogP contribution in [0.3, 0.4) is 0 Å². The van der Waals surface area contributed by atoms with Crippen molar-refractivity contribution < 1.29 is 0 Å². The van der Waals surface area contributed by atoms with E-state index in [4.69, 9.17) is 0 Å². The standard InChI is InChI=1S/C16H30N4/c1-5-15-11-16(20(6-2)18-15)12-19-9-7-14(8-10-19)13(3)17-4/h11,13-14,17H,5-10,12H2,1-4H3. The van der Waals surface area contributed by atoms with Gasteiger partial charge in [0.05, 0.1) is 11.4 Å². The Morgan fingerprint density at radius 1 is 1.35 bits per heavy atom. The van der Waals surface area contributed by atoms with E-state index >= 15 is 0 Å². The molecular weight excluding hydrogens is 248 g/mol. The second kappa shape index (κ2) is 7.23. The minimum Gasteiger partial charge on any atom is -0.317 e. The van der Waals surface area contributed by atoms with Gasteiger partial charge in [-0.25, -0.2) is 0 Å². The van der Waals surface area contributed by atoms with E-state index in [1.807, 2.05) is 0 Å². The van der Waals surface area contributed by atoms with E-state index in [0.717, 1.165) is 25.4 Å². The van der Waals surface area contributed by atoms with E-state index in [2.05, 4.69) is 53.9 Å². The Kier molecular flexibility index (Phi) is 5.61. The maximum absolute atomic E-state index is 4.65. The highest BCUT2D eigenvalue weighted by molar-refractivity contribution is 5.10. The van der Waals surface area contributed by atoms with Gasteiger partial charge in [-0.05, 0) is 65.2 Å². The molecule has 0 aliphatic carbocycles. The normalized spacial score (nSPS) is 19.4. The number of piperidine rings is 1. The first-order chi connectivity index (χ1) is 9.67. The van der Waals surface area contributed by atoms with Gasteiger partial charge >= 0.3 is 0 Å². The Balaban J connectivity index is 1.90. The number of likely N-dealkylation sites (tertiary alicyclic amines) is 1. The highest BCUT2D eigenvalue weighted by Gasteiger charge is 2.23. The van der Waals surface area contributed by atoms with E-state index < -0.39 is 0 Å². The summed E-state index contributed by atoms with van der Waals surface area (Å²) in [5.74, 6) is 0.832. The van der Waals surface area contributed by atoms with Crippen LogP contribution in [-0.2, 0) is 19.5 Å². The summed E-state index contributed by atoms with van der Waals surface area (Å²) in [7, 11) is 2.07. The molecule has 0 amide bonds. The minimum absolute atomic E-state index is 0.644. The Morgan fingerprint density at radius 2 is 2.05 bits per heavy atom. The molecule has 1 atom stereocenters. The van der Waals surface area contributed by atoms with Crippen molar-refractivity contribution >= 4 is 0 Å². The Morgan fingerprint density at radius 3 is 2.60 bits per heavy atom. The summed E-state index contributed by atoms with van der Waals surface area (Å²) in [5.41, 5.74) is 2.60. The smallest absolute Gasteiger partial charge is 0.0625 e. The summed E-state index contributed by atoms with van der Waals surface area (Å²) in [6, 6.07) is 2.93. The van der Waals surface area contributed by atoms with Crippen LogP contribution >= 0.6 is 0 Å². The summed E-state index contributed by atoms with van der Waals surface area (Å²) in [5, 5.41) is 8.04. The fourth-order valence-electron chi connectivity index (χ4n) is 3.16. The lowest BCUT2D eigenvalue weighted by Gasteiger charge is -2.34. The highest BCUT2D eigenvalue weighted by Crippen LogP contribution is 2.22. The molecule has 1 aromatic heterocycles. The van der Waals surface area contributed by atoms with Crippen LogP contribution in [0.2, 0.25) is 0 Å². The van der Waals surface area contributed by atoms with Crippen LogP contribution < -0.4 is 5.32 Å². The zero-order chi connectivity index (χ0) is 14.5. The second-order valence-corrected chi connectivity index (χ2v) is 5.99. The van der Waals surface area contributed by atoms with Crippen molar-refractivity contribution in [2.45, 2.75) is 59.2 Å². The number of nitrogens with zero attached hydrogens (tertiary/aromatic N) is 3. The predicted molar refractivity (Wildman–Crippen MR) is 83.8 cm³/mol. The van der Waals surface area contributed by atoms with Gasteiger partial charge in [-0.3, -0.25) is 9.58 Å². The van der Waals surface area contributed by atoms with Gasteiger partial charge in [0.2, 0.25) is 0 Å². The highest BCUT2D eigenvalue weighted by atomic mass is 15.3. The van der Waals surface area contributed by atoms with Gasteiger partial charge in [0.1, 0.15) is 0 Å². The lowest BCUT2D eigenvalue weighted by atomic mass is 9.90. The molecule has 1 N–H and O–H groups in total. The zero-order valence-electron chi connectivity index (χ0n) is 13.5. The first-order valence-corrected chi connectivity index (χ1v) is 8.13. The van der Waals surface area contributed by atoms with Gasteiger partial charge in [0.25, 0.3) is 0 Å². The monoisotopic (exact) mass is 278 g/mol. The van der Waals surface area contributed by atoms with Crippen LogP contribution in [0.4, 0.5) is 0 Å². The number of rotatable bonds is 6. The lowest BCUT2D eigenvalue weighted by Crippen LogP contribution is -2.40. The Hall–Kier alpha value is -0.870. The number of nitrogens with one attached hydrogen (secondary N) is 1. The van der Waals surface area contributed by atoms with Gasteiger partial charge < -0.3 is 5.32 Å². The topological polar surface area (TPSA) is 33.1 Å². The first kappa shape index (κ1) is 15.5. The Bertz CT molecular complexity index is 405. The molecule has 0 saturated carbocycles. The number of aryl methyl sites for hydroxylation is 2. The van der Waals surface area contributed by atoms with Crippen molar-refractivity contribution in [3.8, 4) is 0 Å². The molecule has 1 unspecified atom stereocenters. The molecular formula is C16H30N4. The van der Waals surface area contributed by atoms with Gasteiger partial charge in [0, 0.05) is 19.1 Å². The van der Waals surface area contributed by atoms with E-state index in [1.165, 1.54) is 37.3 Å². The summed E-state index contributed by atoms with van der Waals surface area (Å²) in [4.78, 5) is 2.58. The third-order valence-corrected chi connectivity index (χ3v) is 4.76. The van der Waals surface area contributed by atoms with Gasteiger partial charge in [-0.2, -0.15) is 5.10 Å². The third-order valence-electron chi connectivity index (χ3n) is 4.76. The molecule has 1 aromatic rings. The maximum atomic E-state index is 4.65. The van der Waals surface area contributed by atoms with Crippen molar-refractivity contribution in [3.05, 3.63) is 17.5 Å². The molecule has 1 aliphatic heterocycles. The summed E-state index contributed by atoms with van der Waals surface area (Å²) < 4.78 is 2.17. The molecule has 1 saturated heterocycles. The van der Waals surface area contributed by atoms with Crippen LogP contribution in [0, 0.1) is 5.92 Å². The maximum Gasteiger partial charge on any atom is 0.0625 e. The van der Waals surface area contributed by atoms with Crippen molar-refractivity contribution in [1.29, 1.82) is 0 Å². The molecule has 4 heteroatoms. The summed E-state index contributed by atoms with van der Waals surface area (Å²) in [6.45, 7) is 11.1.